The van der Waals surface area contributed by atoms with Crippen molar-refractivity contribution < 1.29 is 4.39 Å². The first-order chi connectivity index (χ1) is 9.63. The van der Waals surface area contributed by atoms with Crippen molar-refractivity contribution >= 4 is 17.5 Å². The normalized spacial score (nSPS) is 15.7. The lowest BCUT2D eigenvalue weighted by Crippen LogP contribution is -2.08. The van der Waals surface area contributed by atoms with E-state index >= 15 is 0 Å². The van der Waals surface area contributed by atoms with Gasteiger partial charge in [0.05, 0.1) is 5.02 Å². The van der Waals surface area contributed by atoms with Crippen LogP contribution in [0.4, 0.5) is 10.3 Å². The minimum atomic E-state index is -0.392. The average molecular weight is 293 g/mol. The molecule has 1 aromatic heterocycles. The summed E-state index contributed by atoms with van der Waals surface area (Å²) in [5.41, 5.74) is 6.34. The zero-order chi connectivity index (χ0) is 14.1. The second-order valence-corrected chi connectivity index (χ2v) is 5.39. The Bertz CT molecular complexity index is 641. The molecular weight excluding hydrogens is 279 g/mol. The van der Waals surface area contributed by atoms with Gasteiger partial charge in [0.1, 0.15) is 11.6 Å². The van der Waals surface area contributed by atoms with Gasteiger partial charge < -0.3 is 5.73 Å². The Hall–Kier alpha value is -1.75. The third-order valence-corrected chi connectivity index (χ3v) is 3.88. The molecule has 3 rings (SSSR count). The minimum Gasteiger partial charge on any atom is -0.368 e. The highest BCUT2D eigenvalue weighted by Gasteiger charge is 2.21. The molecule has 0 amide bonds. The van der Waals surface area contributed by atoms with Crippen molar-refractivity contribution in [1.82, 2.24) is 15.0 Å². The van der Waals surface area contributed by atoms with Crippen LogP contribution in [0.1, 0.15) is 37.4 Å². The van der Waals surface area contributed by atoms with Crippen molar-refractivity contribution in [2.45, 2.75) is 31.6 Å². The summed E-state index contributed by atoms with van der Waals surface area (Å²) in [6.45, 7) is 0. The lowest BCUT2D eigenvalue weighted by molar-refractivity contribution is 0.628. The van der Waals surface area contributed by atoms with Gasteiger partial charge in [-0.25, -0.2) is 9.37 Å². The van der Waals surface area contributed by atoms with E-state index < -0.39 is 5.82 Å². The predicted octanol–water partition coefficient (Wildman–Crippen LogP) is 3.57. The number of hydrogen-bond donors (Lipinski definition) is 1. The summed E-state index contributed by atoms with van der Waals surface area (Å²) in [6, 6.07) is 4.13. The van der Waals surface area contributed by atoms with E-state index in [0.29, 0.717) is 23.1 Å². The van der Waals surface area contributed by atoms with E-state index in [1.807, 2.05) is 0 Å². The molecule has 0 spiro atoms. The molecule has 104 valence electrons. The van der Waals surface area contributed by atoms with Crippen molar-refractivity contribution in [1.29, 1.82) is 0 Å². The molecule has 1 aromatic carbocycles. The number of rotatable bonds is 2. The predicted molar refractivity (Wildman–Crippen MR) is 75.9 cm³/mol. The molecule has 1 heterocycles. The lowest BCUT2D eigenvalue weighted by Gasteiger charge is -2.10. The lowest BCUT2D eigenvalue weighted by atomic mass is 10.1. The molecular formula is C14H14ClFN4. The van der Waals surface area contributed by atoms with Crippen LogP contribution < -0.4 is 5.73 Å². The fourth-order valence-electron chi connectivity index (χ4n) is 2.57. The zero-order valence-corrected chi connectivity index (χ0v) is 11.6. The van der Waals surface area contributed by atoms with Gasteiger partial charge in [0.15, 0.2) is 5.82 Å². The molecule has 0 bridgehead atoms. The van der Waals surface area contributed by atoms with Gasteiger partial charge in [-0.05, 0) is 31.0 Å². The topological polar surface area (TPSA) is 64.7 Å². The van der Waals surface area contributed by atoms with E-state index in [1.54, 1.807) is 6.07 Å². The van der Waals surface area contributed by atoms with Gasteiger partial charge >= 0.3 is 0 Å². The van der Waals surface area contributed by atoms with Crippen LogP contribution in [0.3, 0.4) is 0 Å². The van der Waals surface area contributed by atoms with Crippen LogP contribution in [0.15, 0.2) is 18.2 Å². The molecule has 1 fully saturated rings. The molecule has 0 atom stereocenters. The first-order valence-electron chi connectivity index (χ1n) is 6.60. The van der Waals surface area contributed by atoms with Gasteiger partial charge in [-0.1, -0.05) is 24.4 Å². The standard InChI is InChI=1S/C14H14ClFN4/c15-11-7-9(16)5-6-10(11)13-18-12(19-14(17)20-13)8-3-1-2-4-8/h5-8H,1-4H2,(H2,17,18,19,20). The van der Waals surface area contributed by atoms with Gasteiger partial charge in [0.25, 0.3) is 0 Å². The first-order valence-corrected chi connectivity index (χ1v) is 6.98. The fraction of sp³-hybridized carbons (Fsp3) is 0.357. The highest BCUT2D eigenvalue weighted by atomic mass is 35.5. The number of aromatic nitrogens is 3. The second-order valence-electron chi connectivity index (χ2n) is 4.98. The first kappa shape index (κ1) is 13.2. The number of hydrogen-bond acceptors (Lipinski definition) is 4. The van der Waals surface area contributed by atoms with Gasteiger partial charge in [-0.3, -0.25) is 0 Å². The summed E-state index contributed by atoms with van der Waals surface area (Å²) in [5.74, 6) is 1.24. The van der Waals surface area contributed by atoms with Gasteiger partial charge in [-0.15, -0.1) is 0 Å². The smallest absolute Gasteiger partial charge is 0.223 e. The Morgan fingerprint density at radius 3 is 2.60 bits per heavy atom. The van der Waals surface area contributed by atoms with E-state index in [-0.39, 0.29) is 11.0 Å². The van der Waals surface area contributed by atoms with E-state index in [9.17, 15) is 4.39 Å². The number of benzene rings is 1. The average Bonchev–Trinajstić information content (AvgIpc) is 2.91. The third-order valence-electron chi connectivity index (χ3n) is 3.56. The van der Waals surface area contributed by atoms with E-state index in [0.717, 1.165) is 12.8 Å². The van der Waals surface area contributed by atoms with Gasteiger partial charge in [-0.2, -0.15) is 9.97 Å². The molecule has 2 aromatic rings. The SMILES string of the molecule is Nc1nc(-c2ccc(F)cc2Cl)nc(C2CCCC2)n1. The van der Waals surface area contributed by atoms with Crippen LogP contribution in [-0.2, 0) is 0 Å². The van der Waals surface area contributed by atoms with Gasteiger partial charge in [0.2, 0.25) is 5.95 Å². The molecule has 2 N–H and O–H groups in total. The summed E-state index contributed by atoms with van der Waals surface area (Å²) in [5, 5.41) is 0.271. The van der Waals surface area contributed by atoms with Crippen molar-refractivity contribution in [2.24, 2.45) is 0 Å². The summed E-state index contributed by atoms with van der Waals surface area (Å²) >= 11 is 6.05. The maximum absolute atomic E-state index is 13.1. The molecule has 0 saturated heterocycles. The number of nitrogens with two attached hydrogens (primary N) is 1. The summed E-state index contributed by atoms with van der Waals surface area (Å²) < 4.78 is 13.1. The van der Waals surface area contributed by atoms with Gasteiger partial charge in [0, 0.05) is 11.5 Å². The molecule has 4 nitrogen and oxygen atoms in total. The summed E-state index contributed by atoms with van der Waals surface area (Å²) in [7, 11) is 0. The highest BCUT2D eigenvalue weighted by molar-refractivity contribution is 6.33. The van der Waals surface area contributed by atoms with Crippen LogP contribution in [-0.4, -0.2) is 15.0 Å². The van der Waals surface area contributed by atoms with Crippen LogP contribution in [0.2, 0.25) is 5.02 Å². The molecule has 20 heavy (non-hydrogen) atoms. The number of halogens is 2. The van der Waals surface area contributed by atoms with E-state index in [1.165, 1.54) is 25.0 Å². The number of nitrogen functional groups attached to an aromatic ring is 1. The molecule has 1 aliphatic rings. The quantitative estimate of drug-likeness (QED) is 0.919. The van der Waals surface area contributed by atoms with E-state index in [2.05, 4.69) is 15.0 Å². The Morgan fingerprint density at radius 1 is 1.15 bits per heavy atom. The molecule has 0 radical (unpaired) electrons. The highest BCUT2D eigenvalue weighted by Crippen LogP contribution is 2.33. The van der Waals surface area contributed by atoms with Crippen LogP contribution >= 0.6 is 11.6 Å². The zero-order valence-electron chi connectivity index (χ0n) is 10.8. The van der Waals surface area contributed by atoms with Crippen molar-refractivity contribution in [3.8, 4) is 11.4 Å². The molecule has 6 heteroatoms. The van der Waals surface area contributed by atoms with Crippen molar-refractivity contribution in [3.63, 3.8) is 0 Å². The van der Waals surface area contributed by atoms with Crippen LogP contribution in [0, 0.1) is 5.82 Å². The largest absolute Gasteiger partial charge is 0.368 e. The maximum atomic E-state index is 13.1. The number of anilines is 1. The van der Waals surface area contributed by atoms with Crippen molar-refractivity contribution in [2.75, 3.05) is 5.73 Å². The summed E-state index contributed by atoms with van der Waals surface area (Å²) in [4.78, 5) is 12.8. The Morgan fingerprint density at radius 2 is 1.90 bits per heavy atom. The van der Waals surface area contributed by atoms with Crippen molar-refractivity contribution in [3.05, 3.63) is 34.9 Å². The monoisotopic (exact) mass is 292 g/mol. The number of nitrogens with zero attached hydrogens (tertiary/aromatic N) is 3. The molecule has 1 saturated carbocycles. The molecule has 0 aliphatic heterocycles. The third kappa shape index (κ3) is 2.58. The van der Waals surface area contributed by atoms with E-state index in [4.69, 9.17) is 17.3 Å². The summed E-state index contributed by atoms with van der Waals surface area (Å²) in [6.07, 6.45) is 4.51. The Kier molecular flexibility index (Phi) is 3.53. The maximum Gasteiger partial charge on any atom is 0.223 e. The fourth-order valence-corrected chi connectivity index (χ4v) is 2.82. The second kappa shape index (κ2) is 5.32. The molecule has 1 aliphatic carbocycles. The Labute approximate surface area is 121 Å². The minimum absolute atomic E-state index is 0.178. The Balaban J connectivity index is 2.04. The van der Waals surface area contributed by atoms with Crippen LogP contribution in [0.25, 0.3) is 11.4 Å². The molecule has 0 unspecified atom stereocenters. The van der Waals surface area contributed by atoms with Crippen LogP contribution in [0.5, 0.6) is 0 Å².